The molecule has 1 atom stereocenters. The molecule has 0 radical (unpaired) electrons. The molecule has 1 aromatic carbocycles. The monoisotopic (exact) mass is 554 g/mol. The molecule has 2 N–H and O–H groups in total. The second kappa shape index (κ2) is 10.5. The van der Waals surface area contributed by atoms with Gasteiger partial charge in [0.05, 0.1) is 24.1 Å². The van der Waals surface area contributed by atoms with Gasteiger partial charge < -0.3 is 20.1 Å². The van der Waals surface area contributed by atoms with Crippen LogP contribution >= 0.6 is 0 Å². The maximum absolute atomic E-state index is 14.3. The van der Waals surface area contributed by atoms with Gasteiger partial charge in [0.25, 0.3) is 11.5 Å². The highest BCUT2D eigenvalue weighted by Gasteiger charge is 2.35. The highest BCUT2D eigenvalue weighted by Crippen LogP contribution is 2.34. The van der Waals surface area contributed by atoms with E-state index in [0.717, 1.165) is 40.4 Å². The number of para-hydroxylation sites is 1. The second-order valence-corrected chi connectivity index (χ2v) is 10.9. The largest absolute Gasteiger partial charge is 0.356 e. The lowest BCUT2D eigenvalue weighted by Gasteiger charge is -2.35. The Bertz CT molecular complexity index is 1870. The molecule has 11 heteroatoms. The van der Waals surface area contributed by atoms with Crippen LogP contribution in [0.5, 0.6) is 0 Å². The van der Waals surface area contributed by atoms with Gasteiger partial charge in [-0.1, -0.05) is 24.1 Å². The summed E-state index contributed by atoms with van der Waals surface area (Å²) in [6, 6.07) is 7.58. The molecular weight excluding hydrogens is 520 g/mol. The molecule has 2 fully saturated rings. The van der Waals surface area contributed by atoms with Crippen LogP contribution in [-0.2, 0) is 20.1 Å². The summed E-state index contributed by atoms with van der Waals surface area (Å²) in [5.74, 6) is 6.80. The van der Waals surface area contributed by atoms with Crippen molar-refractivity contribution in [2.75, 3.05) is 31.1 Å². The average molecular weight is 555 g/mol. The number of piperidine rings is 1. The van der Waals surface area contributed by atoms with Crippen molar-refractivity contribution >= 4 is 33.7 Å². The van der Waals surface area contributed by atoms with E-state index in [2.05, 4.69) is 26.7 Å². The number of carbonyl (C=O) groups is 1. The minimum atomic E-state index is -0.532. The number of nitrogens with two attached hydrogens (primary N) is 1. The summed E-state index contributed by atoms with van der Waals surface area (Å²) in [6.07, 6.45) is 2.67. The van der Waals surface area contributed by atoms with E-state index in [0.29, 0.717) is 48.9 Å². The Balaban J connectivity index is 1.62. The summed E-state index contributed by atoms with van der Waals surface area (Å²) in [5, 5.41) is 0.914. The molecule has 5 heterocycles. The summed E-state index contributed by atoms with van der Waals surface area (Å²) < 4.78 is 4.38. The van der Waals surface area contributed by atoms with Crippen molar-refractivity contribution in [2.45, 2.75) is 52.2 Å². The van der Waals surface area contributed by atoms with E-state index >= 15 is 0 Å². The van der Waals surface area contributed by atoms with Crippen LogP contribution in [0.4, 0.5) is 5.82 Å². The number of carbonyl (C=O) groups excluding carboxylic acids is 1. The number of rotatable bonds is 5. The Labute approximate surface area is 237 Å². The molecule has 1 amide bonds. The third-order valence-electron chi connectivity index (χ3n) is 8.18. The molecule has 4 aromatic rings. The Hall–Kier alpha value is -4.43. The van der Waals surface area contributed by atoms with Crippen molar-refractivity contribution in [2.24, 2.45) is 12.8 Å². The molecule has 6 rings (SSSR count). The van der Waals surface area contributed by atoms with Crippen molar-refractivity contribution in [3.8, 4) is 11.8 Å². The van der Waals surface area contributed by atoms with Crippen LogP contribution < -0.4 is 21.9 Å². The molecule has 0 bridgehead atoms. The first-order chi connectivity index (χ1) is 19.8. The van der Waals surface area contributed by atoms with Crippen LogP contribution in [0.15, 0.2) is 33.9 Å². The molecule has 212 valence electrons. The molecule has 3 aromatic heterocycles. The zero-order valence-corrected chi connectivity index (χ0v) is 23.7. The molecular formula is C30H34N8O3. The van der Waals surface area contributed by atoms with Gasteiger partial charge in [-0.15, -0.1) is 5.92 Å². The average Bonchev–Trinajstić information content (AvgIpc) is 3.27. The standard InChI is InChI=1S/C30H34N8O3/c1-4-5-16-37-26-25(24(28(39)35-14-9-15-35)27(37)36-13-8-10-20(31)17-36)34(3)30(41)38(29(26)40)18-23-32-19(2)21-11-6-7-12-22(21)33-23/h6-7,11-12,20H,8-10,13-18,31H2,1-3H3/t20-/m1/s1. The Morgan fingerprint density at radius 1 is 1.07 bits per heavy atom. The van der Waals surface area contributed by atoms with Crippen molar-refractivity contribution in [1.29, 1.82) is 0 Å². The molecule has 0 unspecified atom stereocenters. The second-order valence-electron chi connectivity index (χ2n) is 10.9. The number of aromatic nitrogens is 5. The molecule has 11 nitrogen and oxygen atoms in total. The predicted molar refractivity (Wildman–Crippen MR) is 158 cm³/mol. The first kappa shape index (κ1) is 26.8. The summed E-state index contributed by atoms with van der Waals surface area (Å²) in [6.45, 7) is 6.24. The number of nitrogens with zero attached hydrogens (tertiary/aromatic N) is 7. The zero-order valence-electron chi connectivity index (χ0n) is 23.7. The number of benzene rings is 1. The van der Waals surface area contributed by atoms with Crippen molar-refractivity contribution in [3.05, 3.63) is 62.2 Å². The minimum Gasteiger partial charge on any atom is -0.356 e. The van der Waals surface area contributed by atoms with Crippen LogP contribution in [0, 0.1) is 18.8 Å². The Morgan fingerprint density at radius 2 is 1.85 bits per heavy atom. The van der Waals surface area contributed by atoms with E-state index < -0.39 is 11.2 Å². The molecule has 0 saturated carbocycles. The van der Waals surface area contributed by atoms with E-state index in [1.165, 1.54) is 4.57 Å². The summed E-state index contributed by atoms with van der Waals surface area (Å²) >= 11 is 0. The first-order valence-corrected chi connectivity index (χ1v) is 14.1. The third-order valence-corrected chi connectivity index (χ3v) is 8.18. The number of hydrogen-bond donors (Lipinski definition) is 1. The smallest absolute Gasteiger partial charge is 0.331 e. The fourth-order valence-electron chi connectivity index (χ4n) is 5.99. The number of anilines is 1. The Morgan fingerprint density at radius 3 is 2.56 bits per heavy atom. The number of amides is 1. The van der Waals surface area contributed by atoms with Gasteiger partial charge in [0.1, 0.15) is 22.7 Å². The quantitative estimate of drug-likeness (QED) is 0.372. The number of fused-ring (bicyclic) bond motifs is 2. The van der Waals surface area contributed by atoms with E-state index in [1.807, 2.05) is 35.8 Å². The van der Waals surface area contributed by atoms with E-state index in [9.17, 15) is 14.4 Å². The molecule has 2 aliphatic heterocycles. The van der Waals surface area contributed by atoms with Crippen LogP contribution in [0.1, 0.15) is 48.1 Å². The fraction of sp³-hybridized carbons (Fsp3) is 0.433. The third kappa shape index (κ3) is 4.48. The topological polar surface area (TPSA) is 124 Å². The fourth-order valence-corrected chi connectivity index (χ4v) is 5.99. The highest BCUT2D eigenvalue weighted by atomic mass is 16.2. The number of likely N-dealkylation sites (tertiary alicyclic amines) is 1. The maximum Gasteiger partial charge on any atom is 0.331 e. The lowest BCUT2D eigenvalue weighted by Crippen LogP contribution is -2.46. The number of aryl methyl sites for hydroxylation is 2. The first-order valence-electron chi connectivity index (χ1n) is 14.1. The van der Waals surface area contributed by atoms with Crippen LogP contribution in [0.25, 0.3) is 21.9 Å². The molecule has 2 saturated heterocycles. The summed E-state index contributed by atoms with van der Waals surface area (Å²) in [5.41, 5.74) is 7.81. The summed E-state index contributed by atoms with van der Waals surface area (Å²) in [7, 11) is 1.61. The molecule has 0 spiro atoms. The van der Waals surface area contributed by atoms with Gasteiger partial charge in [0.15, 0.2) is 0 Å². The van der Waals surface area contributed by atoms with Crippen molar-refractivity contribution in [3.63, 3.8) is 0 Å². The highest BCUT2D eigenvalue weighted by molar-refractivity contribution is 6.11. The Kier molecular flexibility index (Phi) is 6.87. The van der Waals surface area contributed by atoms with Gasteiger partial charge in [-0.05, 0) is 39.2 Å². The summed E-state index contributed by atoms with van der Waals surface area (Å²) in [4.78, 5) is 55.2. The van der Waals surface area contributed by atoms with Gasteiger partial charge >= 0.3 is 5.69 Å². The molecule has 2 aliphatic rings. The van der Waals surface area contributed by atoms with Gasteiger partial charge in [-0.2, -0.15) is 0 Å². The van der Waals surface area contributed by atoms with Gasteiger partial charge in [0, 0.05) is 50.3 Å². The number of hydrogen-bond acceptors (Lipinski definition) is 7. The molecule has 41 heavy (non-hydrogen) atoms. The van der Waals surface area contributed by atoms with Crippen LogP contribution in [0.3, 0.4) is 0 Å². The van der Waals surface area contributed by atoms with Crippen molar-refractivity contribution < 1.29 is 4.79 Å². The zero-order chi connectivity index (χ0) is 28.8. The minimum absolute atomic E-state index is 0.0619. The predicted octanol–water partition coefficient (Wildman–Crippen LogP) is 1.60. The van der Waals surface area contributed by atoms with Gasteiger partial charge in [0.2, 0.25) is 0 Å². The van der Waals surface area contributed by atoms with E-state index in [4.69, 9.17) is 5.73 Å². The molecule has 0 aliphatic carbocycles. The lowest BCUT2D eigenvalue weighted by molar-refractivity contribution is 0.0653. The lowest BCUT2D eigenvalue weighted by atomic mass is 10.1. The van der Waals surface area contributed by atoms with Gasteiger partial charge in [-0.3, -0.25) is 18.7 Å². The van der Waals surface area contributed by atoms with Crippen LogP contribution in [0.2, 0.25) is 0 Å². The van der Waals surface area contributed by atoms with Gasteiger partial charge in [-0.25, -0.2) is 14.8 Å². The van der Waals surface area contributed by atoms with Crippen LogP contribution in [-0.4, -0.2) is 66.7 Å². The SMILES string of the molecule is CC#CCn1c(N2CCC[C@@H](N)C2)c(C(=O)N2CCC2)c2c1c(=O)n(Cc1nc(C)c3ccccc3n1)c(=O)n2C. The van der Waals surface area contributed by atoms with E-state index in [1.54, 1.807) is 18.9 Å². The van der Waals surface area contributed by atoms with E-state index in [-0.39, 0.29) is 30.6 Å². The van der Waals surface area contributed by atoms with Crippen molar-refractivity contribution in [1.82, 2.24) is 28.6 Å². The maximum atomic E-state index is 14.3. The normalized spacial score (nSPS) is 17.0.